The molecule has 0 aliphatic carbocycles. The standard InChI is InChI=1S/C28H31F2N5O4S/c1-28(2,3)39-27(38)35-14-5-4-7-18(35)15-32-25(37)16-10-12-17(13-11-16)33-26-34-24(31)23(40-26)22(36)21-19(29)8-6-9-20(21)30/h6,8-13,18H,4-5,7,14-15,31H2,1-3H3,(H,32,37)(H,33,34). The predicted octanol–water partition coefficient (Wildman–Crippen LogP) is 5.50. The number of halogens is 2. The lowest BCUT2D eigenvalue weighted by atomic mass is 10.0. The lowest BCUT2D eigenvalue weighted by molar-refractivity contribution is 0.00985. The van der Waals surface area contributed by atoms with E-state index in [2.05, 4.69) is 15.6 Å². The number of thiazole rings is 1. The van der Waals surface area contributed by atoms with E-state index in [9.17, 15) is 23.2 Å². The molecular weight excluding hydrogens is 540 g/mol. The van der Waals surface area contributed by atoms with Crippen molar-refractivity contribution in [1.29, 1.82) is 0 Å². The minimum absolute atomic E-state index is 0.0920. The van der Waals surface area contributed by atoms with Crippen molar-refractivity contribution < 1.29 is 27.9 Å². The van der Waals surface area contributed by atoms with Crippen LogP contribution in [-0.4, -0.2) is 52.4 Å². The smallest absolute Gasteiger partial charge is 0.410 e. The Morgan fingerprint density at radius 3 is 2.42 bits per heavy atom. The van der Waals surface area contributed by atoms with E-state index in [0.717, 1.165) is 42.7 Å². The highest BCUT2D eigenvalue weighted by atomic mass is 32.1. The molecule has 4 N–H and O–H groups in total. The molecule has 0 spiro atoms. The van der Waals surface area contributed by atoms with Gasteiger partial charge in [-0.05, 0) is 76.4 Å². The van der Waals surface area contributed by atoms with E-state index in [0.29, 0.717) is 24.3 Å². The molecule has 1 aliphatic heterocycles. The van der Waals surface area contributed by atoms with Gasteiger partial charge in [-0.15, -0.1) is 0 Å². The largest absolute Gasteiger partial charge is 0.444 e. The van der Waals surface area contributed by atoms with Crippen LogP contribution in [0.5, 0.6) is 0 Å². The minimum Gasteiger partial charge on any atom is -0.444 e. The first-order chi connectivity index (χ1) is 18.9. The van der Waals surface area contributed by atoms with Gasteiger partial charge < -0.3 is 26.0 Å². The summed E-state index contributed by atoms with van der Waals surface area (Å²) in [4.78, 5) is 43.8. The molecule has 1 saturated heterocycles. The fourth-order valence-corrected chi connectivity index (χ4v) is 5.14. The molecule has 1 fully saturated rings. The number of hydrogen-bond acceptors (Lipinski definition) is 8. The Bertz CT molecular complexity index is 1380. The van der Waals surface area contributed by atoms with Crippen LogP contribution in [0, 0.1) is 11.6 Å². The highest BCUT2D eigenvalue weighted by molar-refractivity contribution is 7.18. The number of carbonyl (C=O) groups excluding carboxylic acids is 3. The molecule has 1 aromatic heterocycles. The fraction of sp³-hybridized carbons (Fsp3) is 0.357. The van der Waals surface area contributed by atoms with E-state index >= 15 is 0 Å². The summed E-state index contributed by atoms with van der Waals surface area (Å²) in [5.41, 5.74) is 5.54. The maximum Gasteiger partial charge on any atom is 0.410 e. The van der Waals surface area contributed by atoms with Crippen LogP contribution in [0.15, 0.2) is 42.5 Å². The van der Waals surface area contributed by atoms with Crippen LogP contribution in [0.2, 0.25) is 0 Å². The van der Waals surface area contributed by atoms with E-state index in [1.165, 1.54) is 6.07 Å². The van der Waals surface area contributed by atoms with Crippen LogP contribution in [0.1, 0.15) is 65.6 Å². The van der Waals surface area contributed by atoms with Crippen molar-refractivity contribution in [1.82, 2.24) is 15.2 Å². The summed E-state index contributed by atoms with van der Waals surface area (Å²) in [6.07, 6.45) is 2.24. The van der Waals surface area contributed by atoms with Gasteiger partial charge in [0.1, 0.15) is 27.9 Å². The first-order valence-electron chi connectivity index (χ1n) is 12.8. The van der Waals surface area contributed by atoms with Crippen LogP contribution < -0.4 is 16.4 Å². The van der Waals surface area contributed by atoms with Crippen molar-refractivity contribution in [3.63, 3.8) is 0 Å². The Balaban J connectivity index is 1.37. The molecule has 0 bridgehead atoms. The van der Waals surface area contributed by atoms with Crippen LogP contribution in [0.4, 0.5) is 30.2 Å². The zero-order valence-electron chi connectivity index (χ0n) is 22.4. The van der Waals surface area contributed by atoms with Gasteiger partial charge in [-0.25, -0.2) is 18.6 Å². The van der Waals surface area contributed by atoms with Crippen molar-refractivity contribution >= 4 is 45.8 Å². The van der Waals surface area contributed by atoms with Gasteiger partial charge in [0, 0.05) is 24.3 Å². The molecule has 12 heteroatoms. The number of carbonyl (C=O) groups is 3. The third-order valence-corrected chi connectivity index (χ3v) is 7.19. The zero-order chi connectivity index (χ0) is 29.0. The number of anilines is 3. The van der Waals surface area contributed by atoms with Crippen molar-refractivity contribution in [3.05, 3.63) is 70.1 Å². The molecule has 1 atom stereocenters. The van der Waals surface area contributed by atoms with Gasteiger partial charge in [0.2, 0.25) is 5.78 Å². The number of nitrogen functional groups attached to an aromatic ring is 1. The minimum atomic E-state index is -0.984. The second kappa shape index (κ2) is 12.0. The molecule has 0 radical (unpaired) electrons. The lowest BCUT2D eigenvalue weighted by Crippen LogP contribution is -2.50. The Kier molecular flexibility index (Phi) is 8.67. The van der Waals surface area contributed by atoms with E-state index in [1.807, 2.05) is 20.8 Å². The number of nitrogens with zero attached hydrogens (tertiary/aromatic N) is 2. The van der Waals surface area contributed by atoms with E-state index in [-0.39, 0.29) is 33.9 Å². The SMILES string of the molecule is CC(C)(C)OC(=O)N1CCCCC1CNC(=O)c1ccc(Nc2nc(N)c(C(=O)c3c(F)cccc3F)s2)cc1. The predicted molar refractivity (Wildman–Crippen MR) is 149 cm³/mol. The maximum atomic E-state index is 14.1. The van der Waals surface area contributed by atoms with E-state index in [4.69, 9.17) is 10.5 Å². The molecular formula is C28H31F2N5O4S. The molecule has 2 amide bonds. The van der Waals surface area contributed by atoms with Crippen LogP contribution in [-0.2, 0) is 4.74 Å². The Hall–Kier alpha value is -4.06. The number of hydrogen-bond donors (Lipinski definition) is 3. The van der Waals surface area contributed by atoms with Crippen LogP contribution >= 0.6 is 11.3 Å². The maximum absolute atomic E-state index is 14.1. The highest BCUT2D eigenvalue weighted by Crippen LogP contribution is 2.31. The third kappa shape index (κ3) is 6.92. The van der Waals surface area contributed by atoms with Crippen molar-refractivity contribution in [2.75, 3.05) is 24.1 Å². The van der Waals surface area contributed by atoms with Gasteiger partial charge in [0.25, 0.3) is 5.91 Å². The number of likely N-dealkylation sites (tertiary alicyclic amines) is 1. The van der Waals surface area contributed by atoms with Gasteiger partial charge in [0.05, 0.1) is 11.6 Å². The van der Waals surface area contributed by atoms with Crippen molar-refractivity contribution in [3.8, 4) is 0 Å². The third-order valence-electron chi connectivity index (χ3n) is 6.20. The molecule has 9 nitrogen and oxygen atoms in total. The lowest BCUT2D eigenvalue weighted by Gasteiger charge is -2.36. The average molecular weight is 572 g/mol. The molecule has 1 unspecified atom stereocenters. The number of benzene rings is 2. The van der Waals surface area contributed by atoms with Crippen LogP contribution in [0.3, 0.4) is 0 Å². The second-order valence-electron chi connectivity index (χ2n) is 10.4. The summed E-state index contributed by atoms with van der Waals surface area (Å²) >= 11 is 0.863. The van der Waals surface area contributed by atoms with Gasteiger partial charge in [-0.2, -0.15) is 0 Å². The molecule has 4 rings (SSSR count). The van der Waals surface area contributed by atoms with E-state index in [1.54, 1.807) is 29.2 Å². The van der Waals surface area contributed by atoms with Crippen LogP contribution in [0.25, 0.3) is 0 Å². The first kappa shape index (κ1) is 28.9. The number of ketones is 1. The molecule has 2 heterocycles. The van der Waals surface area contributed by atoms with Gasteiger partial charge >= 0.3 is 6.09 Å². The summed E-state index contributed by atoms with van der Waals surface area (Å²) in [6, 6.07) is 9.54. The quantitative estimate of drug-likeness (QED) is 0.320. The second-order valence-corrected chi connectivity index (χ2v) is 11.4. The number of ether oxygens (including phenoxy) is 1. The number of piperidine rings is 1. The van der Waals surface area contributed by atoms with Gasteiger partial charge in [-0.1, -0.05) is 17.4 Å². The highest BCUT2D eigenvalue weighted by Gasteiger charge is 2.31. The summed E-state index contributed by atoms with van der Waals surface area (Å²) in [5.74, 6) is -3.31. The molecule has 212 valence electrons. The number of aromatic nitrogens is 1. The monoisotopic (exact) mass is 571 g/mol. The van der Waals surface area contributed by atoms with Gasteiger partial charge in [0.15, 0.2) is 5.13 Å². The Labute approximate surface area is 234 Å². The average Bonchev–Trinajstić information content (AvgIpc) is 3.26. The Morgan fingerprint density at radius 1 is 1.10 bits per heavy atom. The summed E-state index contributed by atoms with van der Waals surface area (Å²) in [6.45, 7) is 6.34. The molecule has 2 aromatic carbocycles. The topological polar surface area (TPSA) is 127 Å². The normalized spacial score (nSPS) is 15.4. The molecule has 3 aromatic rings. The van der Waals surface area contributed by atoms with Crippen molar-refractivity contribution in [2.45, 2.75) is 51.7 Å². The molecule has 0 saturated carbocycles. The van der Waals surface area contributed by atoms with Gasteiger partial charge in [-0.3, -0.25) is 9.59 Å². The number of nitrogens with one attached hydrogen (secondary N) is 2. The first-order valence-corrected chi connectivity index (χ1v) is 13.6. The zero-order valence-corrected chi connectivity index (χ0v) is 23.2. The number of amides is 2. The summed E-state index contributed by atoms with van der Waals surface area (Å²) in [5, 5.41) is 6.13. The van der Waals surface area contributed by atoms with E-state index < -0.39 is 28.6 Å². The fourth-order valence-electron chi connectivity index (χ4n) is 4.29. The summed E-state index contributed by atoms with van der Waals surface area (Å²) < 4.78 is 33.6. The summed E-state index contributed by atoms with van der Waals surface area (Å²) in [7, 11) is 0. The number of nitrogens with two attached hydrogens (primary N) is 1. The molecule has 1 aliphatic rings. The molecule has 40 heavy (non-hydrogen) atoms. The van der Waals surface area contributed by atoms with Crippen molar-refractivity contribution in [2.24, 2.45) is 0 Å². The Morgan fingerprint density at radius 2 is 1.77 bits per heavy atom. The number of rotatable bonds is 7.